The highest BCUT2D eigenvalue weighted by Crippen LogP contribution is 2.16. The van der Waals surface area contributed by atoms with Crippen LogP contribution in [0.5, 0.6) is 0 Å². The normalized spacial score (nSPS) is 10.4. The lowest BCUT2D eigenvalue weighted by Gasteiger charge is -2.02. The first kappa shape index (κ1) is 10.7. The summed E-state index contributed by atoms with van der Waals surface area (Å²) in [6, 6.07) is 5.00. The molecule has 0 aliphatic heterocycles. The lowest BCUT2D eigenvalue weighted by molar-refractivity contribution is 0.297. The van der Waals surface area contributed by atoms with E-state index in [1.807, 2.05) is 12.5 Å². The van der Waals surface area contributed by atoms with Crippen molar-refractivity contribution in [2.45, 2.75) is 12.8 Å². The molecular formula is C10H11BrFO. The molecule has 0 aliphatic rings. The predicted octanol–water partition coefficient (Wildman–Crippen LogP) is 2.72. The van der Waals surface area contributed by atoms with E-state index < -0.39 is 0 Å². The Balaban J connectivity index is 2.56. The molecule has 0 aromatic heterocycles. The third-order valence-electron chi connectivity index (χ3n) is 1.71. The summed E-state index contributed by atoms with van der Waals surface area (Å²) in [4.78, 5) is 0. The second kappa shape index (κ2) is 5.35. The van der Waals surface area contributed by atoms with Crippen LogP contribution in [-0.4, -0.2) is 11.7 Å². The monoisotopic (exact) mass is 245 g/mol. The van der Waals surface area contributed by atoms with Gasteiger partial charge >= 0.3 is 0 Å². The Hall–Kier alpha value is -0.410. The van der Waals surface area contributed by atoms with Crippen molar-refractivity contribution in [2.24, 2.45) is 0 Å². The van der Waals surface area contributed by atoms with Gasteiger partial charge in [0.2, 0.25) is 0 Å². The number of aliphatic hydroxyl groups is 1. The Morgan fingerprint density at radius 2 is 2.23 bits per heavy atom. The summed E-state index contributed by atoms with van der Waals surface area (Å²) >= 11 is 3.19. The van der Waals surface area contributed by atoms with Crippen LogP contribution < -0.4 is 0 Å². The number of unbranched alkanes of at least 4 members (excludes halogenated alkanes) is 1. The molecule has 0 saturated heterocycles. The fourth-order valence-corrected chi connectivity index (χ4v) is 1.37. The maximum atomic E-state index is 13.2. The molecule has 1 aromatic rings. The van der Waals surface area contributed by atoms with Crippen LogP contribution in [0.25, 0.3) is 0 Å². The quantitative estimate of drug-likeness (QED) is 0.810. The van der Waals surface area contributed by atoms with Crippen molar-refractivity contribution in [3.63, 3.8) is 0 Å². The third-order valence-corrected chi connectivity index (χ3v) is 2.21. The van der Waals surface area contributed by atoms with Crippen molar-refractivity contribution in [2.75, 3.05) is 6.61 Å². The molecule has 1 nitrogen and oxygen atoms in total. The molecule has 0 amide bonds. The van der Waals surface area contributed by atoms with Gasteiger partial charge in [0.25, 0.3) is 0 Å². The largest absolute Gasteiger partial charge is 0.396 e. The van der Waals surface area contributed by atoms with E-state index in [1.54, 1.807) is 6.07 Å². The zero-order valence-electron chi connectivity index (χ0n) is 7.13. The maximum absolute atomic E-state index is 13.2. The topological polar surface area (TPSA) is 20.2 Å². The molecule has 0 aliphatic carbocycles. The highest BCUT2D eigenvalue weighted by atomic mass is 79.9. The Kier molecular flexibility index (Phi) is 4.39. The standard InChI is InChI=1S/C10H11BrFO/c11-9-5-4-8(10(12)7-9)3-1-2-6-13/h1,4-5,7,13H,2-3,6H2. The summed E-state index contributed by atoms with van der Waals surface area (Å²) in [7, 11) is 0. The summed E-state index contributed by atoms with van der Waals surface area (Å²) < 4.78 is 13.9. The minimum Gasteiger partial charge on any atom is -0.396 e. The van der Waals surface area contributed by atoms with E-state index in [4.69, 9.17) is 5.11 Å². The minimum absolute atomic E-state index is 0.123. The lowest BCUT2D eigenvalue weighted by Crippen LogP contribution is -1.93. The molecule has 0 spiro atoms. The Bertz CT molecular complexity index is 276. The van der Waals surface area contributed by atoms with Crippen molar-refractivity contribution in [1.82, 2.24) is 0 Å². The number of hydrogen-bond donors (Lipinski definition) is 1. The van der Waals surface area contributed by atoms with Gasteiger partial charge in [-0.15, -0.1) is 0 Å². The molecule has 1 rings (SSSR count). The van der Waals surface area contributed by atoms with Crippen molar-refractivity contribution in [3.8, 4) is 0 Å². The molecule has 1 radical (unpaired) electrons. The summed E-state index contributed by atoms with van der Waals surface area (Å²) in [5, 5.41) is 8.53. The molecule has 3 heteroatoms. The van der Waals surface area contributed by atoms with E-state index in [0.717, 1.165) is 4.47 Å². The lowest BCUT2D eigenvalue weighted by atomic mass is 10.1. The van der Waals surface area contributed by atoms with Gasteiger partial charge in [-0.2, -0.15) is 0 Å². The molecule has 0 unspecified atom stereocenters. The van der Waals surface area contributed by atoms with Crippen LogP contribution in [0.2, 0.25) is 0 Å². The van der Waals surface area contributed by atoms with Gasteiger partial charge < -0.3 is 5.11 Å². The molecule has 0 saturated carbocycles. The van der Waals surface area contributed by atoms with Crippen LogP contribution >= 0.6 is 15.9 Å². The smallest absolute Gasteiger partial charge is 0.127 e. The van der Waals surface area contributed by atoms with Gasteiger partial charge in [0.05, 0.1) is 0 Å². The summed E-state index contributed by atoms with van der Waals surface area (Å²) in [5.41, 5.74) is 0.664. The van der Waals surface area contributed by atoms with Crippen LogP contribution in [0.1, 0.15) is 12.0 Å². The van der Waals surface area contributed by atoms with Gasteiger partial charge in [0, 0.05) is 11.1 Å². The van der Waals surface area contributed by atoms with E-state index in [2.05, 4.69) is 15.9 Å². The van der Waals surface area contributed by atoms with E-state index in [9.17, 15) is 4.39 Å². The van der Waals surface area contributed by atoms with Gasteiger partial charge in [-0.25, -0.2) is 4.39 Å². The van der Waals surface area contributed by atoms with Crippen LogP contribution in [0.3, 0.4) is 0 Å². The fourth-order valence-electron chi connectivity index (χ4n) is 1.04. The number of hydrogen-bond acceptors (Lipinski definition) is 1. The first-order valence-electron chi connectivity index (χ1n) is 4.10. The predicted molar refractivity (Wildman–Crippen MR) is 53.8 cm³/mol. The van der Waals surface area contributed by atoms with Crippen molar-refractivity contribution >= 4 is 15.9 Å². The van der Waals surface area contributed by atoms with Crippen LogP contribution in [0, 0.1) is 12.2 Å². The molecule has 0 heterocycles. The number of halogens is 2. The number of benzene rings is 1. The Morgan fingerprint density at radius 1 is 1.46 bits per heavy atom. The fraction of sp³-hybridized carbons (Fsp3) is 0.300. The average Bonchev–Trinajstić information content (AvgIpc) is 2.09. The molecule has 13 heavy (non-hydrogen) atoms. The summed E-state index contributed by atoms with van der Waals surface area (Å²) in [6.07, 6.45) is 3.04. The highest BCUT2D eigenvalue weighted by molar-refractivity contribution is 9.10. The number of aliphatic hydroxyl groups excluding tert-OH is 1. The molecule has 71 valence electrons. The second-order valence-electron chi connectivity index (χ2n) is 2.74. The van der Waals surface area contributed by atoms with E-state index in [0.29, 0.717) is 18.4 Å². The zero-order valence-corrected chi connectivity index (χ0v) is 8.72. The first-order valence-corrected chi connectivity index (χ1v) is 4.90. The van der Waals surface area contributed by atoms with Crippen LogP contribution in [0.15, 0.2) is 22.7 Å². The van der Waals surface area contributed by atoms with Crippen LogP contribution in [-0.2, 0) is 6.42 Å². The first-order chi connectivity index (χ1) is 6.24. The summed E-state index contributed by atoms with van der Waals surface area (Å²) in [6.45, 7) is 0.123. The molecule has 1 aromatic carbocycles. The SMILES string of the molecule is OCC[CH]Cc1ccc(Br)cc1F. The van der Waals surface area contributed by atoms with Crippen molar-refractivity contribution < 1.29 is 9.50 Å². The molecule has 1 N–H and O–H groups in total. The third kappa shape index (κ3) is 3.44. The van der Waals surface area contributed by atoms with Gasteiger partial charge in [0.15, 0.2) is 0 Å². The molecule has 0 fully saturated rings. The van der Waals surface area contributed by atoms with E-state index in [-0.39, 0.29) is 12.4 Å². The minimum atomic E-state index is -0.205. The molecule has 0 atom stereocenters. The second-order valence-corrected chi connectivity index (χ2v) is 3.66. The molecule has 0 bridgehead atoms. The Morgan fingerprint density at radius 3 is 2.85 bits per heavy atom. The van der Waals surface area contributed by atoms with Gasteiger partial charge in [-0.1, -0.05) is 22.0 Å². The number of rotatable bonds is 4. The van der Waals surface area contributed by atoms with E-state index in [1.165, 1.54) is 6.07 Å². The van der Waals surface area contributed by atoms with E-state index >= 15 is 0 Å². The highest BCUT2D eigenvalue weighted by Gasteiger charge is 2.01. The van der Waals surface area contributed by atoms with Crippen molar-refractivity contribution in [1.29, 1.82) is 0 Å². The summed E-state index contributed by atoms with van der Waals surface area (Å²) in [5.74, 6) is -0.205. The zero-order chi connectivity index (χ0) is 9.68. The van der Waals surface area contributed by atoms with Gasteiger partial charge in [0.1, 0.15) is 5.82 Å². The van der Waals surface area contributed by atoms with Gasteiger partial charge in [-0.05, 0) is 37.0 Å². The molecular weight excluding hydrogens is 235 g/mol. The average molecular weight is 246 g/mol. The van der Waals surface area contributed by atoms with Gasteiger partial charge in [-0.3, -0.25) is 0 Å². The Labute approximate surface area is 85.7 Å². The maximum Gasteiger partial charge on any atom is 0.127 e. The van der Waals surface area contributed by atoms with Crippen molar-refractivity contribution in [3.05, 3.63) is 40.5 Å². The van der Waals surface area contributed by atoms with Crippen LogP contribution in [0.4, 0.5) is 4.39 Å².